The van der Waals surface area contributed by atoms with E-state index < -0.39 is 0 Å². The number of hydrogen-bond donors (Lipinski definition) is 0. The number of rotatable bonds is 5. The van der Waals surface area contributed by atoms with Crippen LogP contribution in [0.25, 0.3) is 11.4 Å². The first-order chi connectivity index (χ1) is 13.6. The molecule has 0 saturated carbocycles. The zero-order valence-electron chi connectivity index (χ0n) is 16.2. The molecule has 1 saturated heterocycles. The van der Waals surface area contributed by atoms with E-state index in [-0.39, 0.29) is 6.04 Å². The Morgan fingerprint density at radius 2 is 1.86 bits per heavy atom. The summed E-state index contributed by atoms with van der Waals surface area (Å²) in [6.45, 7) is 8.89. The lowest BCUT2D eigenvalue weighted by Crippen LogP contribution is -2.46. The maximum absolute atomic E-state index is 6.24. The Kier molecular flexibility index (Phi) is 5.71. The van der Waals surface area contributed by atoms with Gasteiger partial charge in [0.25, 0.3) is 0 Å². The Morgan fingerprint density at radius 1 is 1.11 bits per heavy atom. The van der Waals surface area contributed by atoms with Crippen LogP contribution in [0.4, 0.5) is 0 Å². The van der Waals surface area contributed by atoms with E-state index in [1.54, 1.807) is 12.4 Å². The third-order valence-corrected chi connectivity index (χ3v) is 5.65. The average molecular weight is 398 g/mol. The Balaban J connectivity index is 1.36. The van der Waals surface area contributed by atoms with E-state index in [0.29, 0.717) is 11.7 Å². The molecule has 1 aliphatic rings. The van der Waals surface area contributed by atoms with Crippen LogP contribution in [0, 0.1) is 6.92 Å². The Bertz CT molecular complexity index is 919. The number of benzene rings is 1. The molecule has 1 aromatic carbocycles. The van der Waals surface area contributed by atoms with Crippen molar-refractivity contribution in [2.75, 3.05) is 26.2 Å². The number of halogens is 1. The molecule has 146 valence electrons. The van der Waals surface area contributed by atoms with E-state index in [9.17, 15) is 0 Å². The fourth-order valence-electron chi connectivity index (χ4n) is 3.46. The molecule has 0 bridgehead atoms. The molecule has 0 N–H and O–H groups in total. The highest BCUT2D eigenvalue weighted by molar-refractivity contribution is 6.31. The van der Waals surface area contributed by atoms with Crippen LogP contribution in [0.15, 0.2) is 47.2 Å². The minimum Gasteiger partial charge on any atom is -0.337 e. The van der Waals surface area contributed by atoms with E-state index >= 15 is 0 Å². The number of piperazine rings is 1. The standard InChI is InChI=1S/C21H24ClN5O/c1-15-3-5-17(6-4-15)20-24-21(28-25-20)16(2)27-11-9-26(10-12-27)14-18-7-8-23-13-19(18)22/h3-8,13,16H,9-12,14H2,1-2H3. The smallest absolute Gasteiger partial charge is 0.244 e. The van der Waals surface area contributed by atoms with Gasteiger partial charge in [-0.15, -0.1) is 0 Å². The van der Waals surface area contributed by atoms with Gasteiger partial charge in [0.1, 0.15) is 0 Å². The predicted molar refractivity (Wildman–Crippen MR) is 109 cm³/mol. The Hall–Kier alpha value is -2.28. The van der Waals surface area contributed by atoms with Crippen LogP contribution in [-0.2, 0) is 6.54 Å². The summed E-state index contributed by atoms with van der Waals surface area (Å²) >= 11 is 6.24. The molecule has 3 aromatic rings. The van der Waals surface area contributed by atoms with E-state index in [1.165, 1.54) is 5.56 Å². The van der Waals surface area contributed by atoms with Gasteiger partial charge in [0, 0.05) is 50.7 Å². The lowest BCUT2D eigenvalue weighted by Gasteiger charge is -2.36. The fraction of sp³-hybridized carbons (Fsp3) is 0.381. The van der Waals surface area contributed by atoms with Crippen molar-refractivity contribution in [2.45, 2.75) is 26.4 Å². The Labute approximate surface area is 170 Å². The second-order valence-electron chi connectivity index (χ2n) is 7.28. The van der Waals surface area contributed by atoms with Gasteiger partial charge in [0.05, 0.1) is 11.1 Å². The SMILES string of the molecule is Cc1ccc(-c2noc(C(C)N3CCN(Cc4ccncc4Cl)CC3)n2)cc1. The van der Waals surface area contributed by atoms with Gasteiger partial charge in [-0.05, 0) is 25.5 Å². The van der Waals surface area contributed by atoms with Crippen molar-refractivity contribution >= 4 is 11.6 Å². The first-order valence-electron chi connectivity index (χ1n) is 9.55. The molecular formula is C21H24ClN5O. The maximum Gasteiger partial charge on any atom is 0.244 e. The molecule has 2 aromatic heterocycles. The van der Waals surface area contributed by atoms with Gasteiger partial charge in [0.2, 0.25) is 11.7 Å². The topological polar surface area (TPSA) is 58.3 Å². The van der Waals surface area contributed by atoms with Gasteiger partial charge < -0.3 is 4.52 Å². The largest absolute Gasteiger partial charge is 0.337 e. The number of hydrogen-bond acceptors (Lipinski definition) is 6. The van der Waals surface area contributed by atoms with E-state index in [2.05, 4.69) is 50.9 Å². The monoisotopic (exact) mass is 397 g/mol. The summed E-state index contributed by atoms with van der Waals surface area (Å²) in [5.74, 6) is 1.31. The fourth-order valence-corrected chi connectivity index (χ4v) is 3.64. The van der Waals surface area contributed by atoms with Crippen molar-refractivity contribution in [1.29, 1.82) is 0 Å². The summed E-state index contributed by atoms with van der Waals surface area (Å²) < 4.78 is 5.56. The third-order valence-electron chi connectivity index (χ3n) is 5.31. The molecule has 6 nitrogen and oxygen atoms in total. The van der Waals surface area contributed by atoms with Crippen LogP contribution in [0.5, 0.6) is 0 Å². The zero-order valence-corrected chi connectivity index (χ0v) is 16.9. The first kappa shape index (κ1) is 19.1. The summed E-state index contributed by atoms with van der Waals surface area (Å²) in [5, 5.41) is 4.90. The first-order valence-corrected chi connectivity index (χ1v) is 9.93. The van der Waals surface area contributed by atoms with E-state index in [1.807, 2.05) is 18.2 Å². The highest BCUT2D eigenvalue weighted by atomic mass is 35.5. The summed E-state index contributed by atoms with van der Waals surface area (Å²) in [4.78, 5) is 13.5. The highest BCUT2D eigenvalue weighted by Crippen LogP contribution is 2.24. The van der Waals surface area contributed by atoms with Crippen LogP contribution in [0.3, 0.4) is 0 Å². The van der Waals surface area contributed by atoms with Crippen molar-refractivity contribution < 1.29 is 4.52 Å². The molecule has 0 amide bonds. The normalized spacial score (nSPS) is 17.0. The average Bonchev–Trinajstić information content (AvgIpc) is 3.20. The zero-order chi connectivity index (χ0) is 19.5. The van der Waals surface area contributed by atoms with Gasteiger partial charge in [-0.3, -0.25) is 14.8 Å². The number of nitrogens with zero attached hydrogens (tertiary/aromatic N) is 5. The molecular weight excluding hydrogens is 374 g/mol. The molecule has 1 fully saturated rings. The van der Waals surface area contributed by atoms with Gasteiger partial charge >= 0.3 is 0 Å². The summed E-state index contributed by atoms with van der Waals surface area (Å²) in [5.41, 5.74) is 3.32. The predicted octanol–water partition coefficient (Wildman–Crippen LogP) is 3.97. The van der Waals surface area contributed by atoms with Crippen LogP contribution < -0.4 is 0 Å². The highest BCUT2D eigenvalue weighted by Gasteiger charge is 2.26. The summed E-state index contributed by atoms with van der Waals surface area (Å²) in [6, 6.07) is 10.3. The molecule has 4 rings (SSSR count). The molecule has 28 heavy (non-hydrogen) atoms. The molecule has 1 atom stereocenters. The van der Waals surface area contributed by atoms with Crippen molar-refractivity contribution in [3.8, 4) is 11.4 Å². The minimum atomic E-state index is 0.0957. The van der Waals surface area contributed by atoms with Crippen LogP contribution >= 0.6 is 11.6 Å². The van der Waals surface area contributed by atoms with Crippen LogP contribution in [-0.4, -0.2) is 51.1 Å². The maximum atomic E-state index is 6.24. The van der Waals surface area contributed by atoms with E-state index in [4.69, 9.17) is 16.1 Å². The van der Waals surface area contributed by atoms with Gasteiger partial charge in [-0.25, -0.2) is 0 Å². The second-order valence-corrected chi connectivity index (χ2v) is 7.68. The van der Waals surface area contributed by atoms with Crippen LogP contribution in [0.2, 0.25) is 5.02 Å². The molecule has 0 aliphatic carbocycles. The van der Waals surface area contributed by atoms with Gasteiger partial charge in [0.15, 0.2) is 0 Å². The molecule has 1 unspecified atom stereocenters. The third kappa shape index (κ3) is 4.24. The quantitative estimate of drug-likeness (QED) is 0.649. The second kappa shape index (κ2) is 8.39. The number of aromatic nitrogens is 3. The van der Waals surface area contributed by atoms with Crippen LogP contribution in [0.1, 0.15) is 30.0 Å². The van der Waals surface area contributed by atoms with Crippen molar-refractivity contribution in [1.82, 2.24) is 24.9 Å². The lowest BCUT2D eigenvalue weighted by molar-refractivity contribution is 0.0845. The number of aryl methyl sites for hydroxylation is 1. The minimum absolute atomic E-state index is 0.0957. The molecule has 0 radical (unpaired) electrons. The number of pyridine rings is 1. The molecule has 3 heterocycles. The summed E-state index contributed by atoms with van der Waals surface area (Å²) in [7, 11) is 0. The lowest BCUT2D eigenvalue weighted by atomic mass is 10.1. The van der Waals surface area contributed by atoms with Crippen molar-refractivity contribution in [3.63, 3.8) is 0 Å². The Morgan fingerprint density at radius 3 is 2.57 bits per heavy atom. The van der Waals surface area contributed by atoms with E-state index in [0.717, 1.165) is 48.9 Å². The van der Waals surface area contributed by atoms with Crippen molar-refractivity contribution in [3.05, 3.63) is 64.8 Å². The van der Waals surface area contributed by atoms with Gasteiger partial charge in [-0.2, -0.15) is 4.98 Å². The van der Waals surface area contributed by atoms with Gasteiger partial charge in [-0.1, -0.05) is 46.6 Å². The summed E-state index contributed by atoms with van der Waals surface area (Å²) in [6.07, 6.45) is 3.50. The molecule has 7 heteroatoms. The molecule has 0 spiro atoms. The van der Waals surface area contributed by atoms with Crippen molar-refractivity contribution in [2.24, 2.45) is 0 Å². The molecule has 1 aliphatic heterocycles.